The van der Waals surface area contributed by atoms with Crippen LogP contribution in [0.15, 0.2) is 27.1 Å². The Morgan fingerprint density at radius 2 is 1.95 bits per heavy atom. The van der Waals surface area contributed by atoms with Gasteiger partial charge in [0, 0.05) is 34.1 Å². The van der Waals surface area contributed by atoms with Gasteiger partial charge in [-0.1, -0.05) is 43.6 Å². The highest BCUT2D eigenvalue weighted by atomic mass is 79.9. The highest BCUT2D eigenvalue weighted by Gasteiger charge is 2.31. The van der Waals surface area contributed by atoms with E-state index in [-0.39, 0.29) is 0 Å². The zero-order valence-corrected chi connectivity index (χ0v) is 16.5. The number of nitrogens with zero attached hydrogens (tertiary/aromatic N) is 1. The fourth-order valence-corrected chi connectivity index (χ4v) is 4.42. The third-order valence-electron chi connectivity index (χ3n) is 4.18. The van der Waals surface area contributed by atoms with Crippen molar-refractivity contribution < 1.29 is 0 Å². The zero-order valence-electron chi connectivity index (χ0n) is 13.4. The molecule has 0 aromatic heterocycles. The molecule has 1 aromatic rings. The molecule has 1 N–H and O–H groups in total. The molecule has 2 nitrogen and oxygen atoms in total. The summed E-state index contributed by atoms with van der Waals surface area (Å²) in [4.78, 5) is 2.59. The molecule has 0 radical (unpaired) electrons. The van der Waals surface area contributed by atoms with Gasteiger partial charge in [0.2, 0.25) is 0 Å². The minimum Gasteiger partial charge on any atom is -0.365 e. The second-order valence-electron chi connectivity index (χ2n) is 6.79. The largest absolute Gasteiger partial charge is 0.365 e. The van der Waals surface area contributed by atoms with Crippen LogP contribution in [0.5, 0.6) is 0 Å². The quantitative estimate of drug-likeness (QED) is 0.736. The van der Waals surface area contributed by atoms with Gasteiger partial charge in [-0.2, -0.15) is 0 Å². The van der Waals surface area contributed by atoms with E-state index in [4.69, 9.17) is 0 Å². The number of benzene rings is 1. The van der Waals surface area contributed by atoms with E-state index in [2.05, 4.69) is 88.0 Å². The first-order chi connectivity index (χ1) is 9.88. The van der Waals surface area contributed by atoms with Crippen LogP contribution in [-0.4, -0.2) is 25.2 Å². The van der Waals surface area contributed by atoms with Crippen LogP contribution in [0.4, 0.5) is 5.69 Å². The number of anilines is 1. The normalized spacial score (nSPS) is 23.1. The number of rotatable bonds is 4. The van der Waals surface area contributed by atoms with Gasteiger partial charge in [0.1, 0.15) is 0 Å². The second-order valence-corrected chi connectivity index (χ2v) is 8.56. The van der Waals surface area contributed by atoms with E-state index >= 15 is 0 Å². The minimum atomic E-state index is 0.547. The van der Waals surface area contributed by atoms with Crippen molar-refractivity contribution in [2.24, 2.45) is 11.8 Å². The van der Waals surface area contributed by atoms with Crippen molar-refractivity contribution in [3.8, 4) is 0 Å². The molecule has 1 fully saturated rings. The molecule has 1 aromatic carbocycles. The standard InChI is InChI=1S/C17H26Br2N2/c1-11(2)7-14-10-21(17(9-20-14)12(3)4)16-6-5-13(18)8-15(16)19/h5-6,8,11-12,14,17,20H,7,9-10H2,1-4H3. The highest BCUT2D eigenvalue weighted by Crippen LogP contribution is 2.33. The Labute approximate surface area is 145 Å². The number of hydrogen-bond acceptors (Lipinski definition) is 2. The van der Waals surface area contributed by atoms with Crippen LogP contribution in [0.3, 0.4) is 0 Å². The summed E-state index contributed by atoms with van der Waals surface area (Å²) in [6.45, 7) is 11.4. The maximum absolute atomic E-state index is 3.75. The maximum Gasteiger partial charge on any atom is 0.0515 e. The lowest BCUT2D eigenvalue weighted by Gasteiger charge is -2.44. The molecule has 0 spiro atoms. The molecule has 1 saturated heterocycles. The van der Waals surface area contributed by atoms with Gasteiger partial charge in [0.25, 0.3) is 0 Å². The van der Waals surface area contributed by atoms with Crippen molar-refractivity contribution in [3.05, 3.63) is 27.1 Å². The Morgan fingerprint density at radius 1 is 1.24 bits per heavy atom. The summed E-state index contributed by atoms with van der Waals surface area (Å²) in [7, 11) is 0. The van der Waals surface area contributed by atoms with E-state index in [1.54, 1.807) is 0 Å². The van der Waals surface area contributed by atoms with Crippen LogP contribution in [-0.2, 0) is 0 Å². The molecule has 0 amide bonds. The van der Waals surface area contributed by atoms with Gasteiger partial charge in [-0.05, 0) is 52.4 Å². The lowest BCUT2D eigenvalue weighted by atomic mass is 9.94. The fourth-order valence-electron chi connectivity index (χ4n) is 3.15. The van der Waals surface area contributed by atoms with Gasteiger partial charge in [-0.25, -0.2) is 0 Å². The predicted octanol–water partition coefficient (Wildman–Crippen LogP) is 5.06. The number of hydrogen-bond donors (Lipinski definition) is 1. The number of halogens is 2. The average Bonchev–Trinajstić information content (AvgIpc) is 2.37. The van der Waals surface area contributed by atoms with Gasteiger partial charge in [0.15, 0.2) is 0 Å². The van der Waals surface area contributed by atoms with Gasteiger partial charge in [-0.15, -0.1) is 0 Å². The van der Waals surface area contributed by atoms with E-state index < -0.39 is 0 Å². The molecule has 1 heterocycles. The highest BCUT2D eigenvalue weighted by molar-refractivity contribution is 9.11. The summed E-state index contributed by atoms with van der Waals surface area (Å²) >= 11 is 7.29. The topological polar surface area (TPSA) is 15.3 Å². The number of nitrogens with one attached hydrogen (secondary N) is 1. The van der Waals surface area contributed by atoms with Crippen LogP contribution in [0, 0.1) is 11.8 Å². The molecule has 1 aliphatic heterocycles. The third-order valence-corrected chi connectivity index (χ3v) is 5.31. The zero-order chi connectivity index (χ0) is 15.6. The first-order valence-electron chi connectivity index (χ1n) is 7.83. The predicted molar refractivity (Wildman–Crippen MR) is 99.1 cm³/mol. The van der Waals surface area contributed by atoms with Crippen molar-refractivity contribution in [1.82, 2.24) is 5.32 Å². The summed E-state index contributed by atoms with van der Waals surface area (Å²) in [5.41, 5.74) is 1.31. The Hall–Kier alpha value is -0.0600. The monoisotopic (exact) mass is 416 g/mol. The number of piperazine rings is 1. The van der Waals surface area contributed by atoms with Crippen LogP contribution in [0.1, 0.15) is 34.1 Å². The molecular weight excluding hydrogens is 392 g/mol. The summed E-state index contributed by atoms with van der Waals surface area (Å²) in [6.07, 6.45) is 1.23. The molecular formula is C17H26Br2N2. The Bertz CT molecular complexity index is 474. The molecule has 4 heteroatoms. The Kier molecular flexibility index (Phi) is 6.15. The Morgan fingerprint density at radius 3 is 2.52 bits per heavy atom. The molecule has 1 aliphatic rings. The summed E-state index contributed by atoms with van der Waals surface area (Å²) in [5, 5.41) is 3.75. The Balaban J connectivity index is 2.25. The van der Waals surface area contributed by atoms with Crippen molar-refractivity contribution in [3.63, 3.8) is 0 Å². The first-order valence-corrected chi connectivity index (χ1v) is 9.42. The SMILES string of the molecule is CC(C)CC1CN(c2ccc(Br)cc2Br)C(C(C)C)CN1. The maximum atomic E-state index is 3.75. The third kappa shape index (κ3) is 4.46. The van der Waals surface area contributed by atoms with Gasteiger partial charge in [0.05, 0.1) is 5.69 Å². The van der Waals surface area contributed by atoms with E-state index in [0.717, 1.165) is 23.5 Å². The molecule has 2 unspecified atom stereocenters. The van der Waals surface area contributed by atoms with Gasteiger partial charge < -0.3 is 10.2 Å². The molecule has 21 heavy (non-hydrogen) atoms. The molecule has 0 aliphatic carbocycles. The van der Waals surface area contributed by atoms with Crippen LogP contribution in [0.25, 0.3) is 0 Å². The molecule has 2 atom stereocenters. The molecule has 118 valence electrons. The van der Waals surface area contributed by atoms with Crippen LogP contribution >= 0.6 is 31.9 Å². The lowest BCUT2D eigenvalue weighted by Crippen LogP contribution is -2.58. The van der Waals surface area contributed by atoms with Crippen molar-refractivity contribution >= 4 is 37.5 Å². The molecule has 2 rings (SSSR count). The van der Waals surface area contributed by atoms with Gasteiger partial charge in [-0.3, -0.25) is 0 Å². The van der Waals surface area contributed by atoms with Crippen molar-refractivity contribution in [2.45, 2.75) is 46.2 Å². The van der Waals surface area contributed by atoms with Gasteiger partial charge >= 0.3 is 0 Å². The lowest BCUT2D eigenvalue weighted by molar-refractivity contribution is 0.310. The summed E-state index contributed by atoms with van der Waals surface area (Å²) in [6, 6.07) is 7.63. The fraction of sp³-hybridized carbons (Fsp3) is 0.647. The van der Waals surface area contributed by atoms with E-state index in [0.29, 0.717) is 18.0 Å². The second kappa shape index (κ2) is 7.47. The van der Waals surface area contributed by atoms with Crippen molar-refractivity contribution in [1.29, 1.82) is 0 Å². The van der Waals surface area contributed by atoms with Crippen LogP contribution < -0.4 is 10.2 Å². The smallest absolute Gasteiger partial charge is 0.0515 e. The van der Waals surface area contributed by atoms with E-state index in [1.165, 1.54) is 16.6 Å². The minimum absolute atomic E-state index is 0.547. The average molecular weight is 418 g/mol. The van der Waals surface area contributed by atoms with Crippen molar-refractivity contribution in [2.75, 3.05) is 18.0 Å². The van der Waals surface area contributed by atoms with E-state index in [1.807, 2.05) is 0 Å². The summed E-state index contributed by atoms with van der Waals surface area (Å²) in [5.74, 6) is 1.36. The van der Waals surface area contributed by atoms with E-state index in [9.17, 15) is 0 Å². The summed E-state index contributed by atoms with van der Waals surface area (Å²) < 4.78 is 2.29. The molecule has 0 bridgehead atoms. The van der Waals surface area contributed by atoms with Crippen LogP contribution in [0.2, 0.25) is 0 Å². The molecule has 0 saturated carbocycles. The first kappa shape index (κ1) is 17.3.